The number of aromatic nitrogens is 2. The van der Waals surface area contributed by atoms with Crippen molar-refractivity contribution in [1.82, 2.24) is 9.97 Å². The molecule has 3 rings (SSSR count). The van der Waals surface area contributed by atoms with Crippen LogP contribution in [0, 0.1) is 0 Å². The van der Waals surface area contributed by atoms with E-state index in [2.05, 4.69) is 14.7 Å². The van der Waals surface area contributed by atoms with Crippen molar-refractivity contribution in [3.63, 3.8) is 0 Å². The molecule has 0 aliphatic carbocycles. The molecule has 3 N–H and O–H groups in total. The second kappa shape index (κ2) is 4.73. The summed E-state index contributed by atoms with van der Waals surface area (Å²) in [4.78, 5) is 8.05. The molecule has 0 saturated heterocycles. The van der Waals surface area contributed by atoms with Gasteiger partial charge in [0.2, 0.25) is 0 Å². The molecule has 20 heavy (non-hydrogen) atoms. The van der Waals surface area contributed by atoms with Gasteiger partial charge in [0, 0.05) is 12.3 Å². The maximum atomic E-state index is 12.2. The zero-order chi connectivity index (χ0) is 14.2. The van der Waals surface area contributed by atoms with Crippen molar-refractivity contribution in [3.8, 4) is 0 Å². The summed E-state index contributed by atoms with van der Waals surface area (Å²) in [5, 5.41) is 0.321. The lowest BCUT2D eigenvalue weighted by atomic mass is 10.3. The van der Waals surface area contributed by atoms with E-state index in [4.69, 9.17) is 5.73 Å². The number of fused-ring (bicyclic) bond motifs is 1. The van der Waals surface area contributed by atoms with E-state index in [1.54, 1.807) is 0 Å². The summed E-state index contributed by atoms with van der Waals surface area (Å²) in [5.74, 6) is 0.150. The third-order valence-electron chi connectivity index (χ3n) is 2.58. The van der Waals surface area contributed by atoms with Gasteiger partial charge in [0.25, 0.3) is 10.0 Å². The highest BCUT2D eigenvalue weighted by Gasteiger charge is 2.16. The van der Waals surface area contributed by atoms with Crippen LogP contribution in [0.15, 0.2) is 47.5 Å². The van der Waals surface area contributed by atoms with Crippen LogP contribution in [-0.4, -0.2) is 18.4 Å². The molecule has 0 aliphatic rings. The smallest absolute Gasteiger partial charge is 0.263 e. The number of para-hydroxylation sites is 1. The topological polar surface area (TPSA) is 98.0 Å². The zero-order valence-electron chi connectivity index (χ0n) is 10.1. The first-order valence-corrected chi connectivity index (χ1v) is 7.94. The summed E-state index contributed by atoms with van der Waals surface area (Å²) in [6.07, 6.45) is 1.35. The Bertz CT molecular complexity index is 841. The molecule has 0 unspecified atom stereocenters. The molecule has 0 atom stereocenters. The van der Waals surface area contributed by atoms with E-state index in [1.807, 2.05) is 24.3 Å². The summed E-state index contributed by atoms with van der Waals surface area (Å²) < 4.78 is 27.8. The van der Waals surface area contributed by atoms with Crippen LogP contribution in [0.1, 0.15) is 0 Å². The lowest BCUT2D eigenvalue weighted by Crippen LogP contribution is -2.13. The molecule has 1 aromatic carbocycles. The average Bonchev–Trinajstić information content (AvgIpc) is 2.80. The van der Waals surface area contributed by atoms with Crippen molar-refractivity contribution in [1.29, 1.82) is 0 Å². The molecule has 2 heterocycles. The fraction of sp³-hybridized carbons (Fsp3) is 0. The van der Waals surface area contributed by atoms with Crippen LogP contribution >= 0.6 is 11.3 Å². The molecule has 8 heteroatoms. The minimum atomic E-state index is -3.71. The fourth-order valence-corrected chi connectivity index (χ4v) is 3.81. The highest BCUT2D eigenvalue weighted by Crippen LogP contribution is 2.27. The minimum Gasteiger partial charge on any atom is -0.384 e. The number of pyridine rings is 1. The molecule has 102 valence electrons. The fourth-order valence-electron chi connectivity index (χ4n) is 1.68. The molecule has 0 spiro atoms. The number of nitrogen functional groups attached to an aromatic ring is 1. The predicted molar refractivity (Wildman–Crippen MR) is 79.1 cm³/mol. The van der Waals surface area contributed by atoms with Crippen LogP contribution in [0.25, 0.3) is 10.2 Å². The van der Waals surface area contributed by atoms with E-state index in [9.17, 15) is 8.42 Å². The molecule has 0 radical (unpaired) electrons. The molecule has 6 nitrogen and oxygen atoms in total. The first-order chi connectivity index (χ1) is 9.54. The quantitative estimate of drug-likeness (QED) is 0.772. The molecule has 2 aromatic heterocycles. The van der Waals surface area contributed by atoms with Gasteiger partial charge in [0.05, 0.1) is 15.1 Å². The van der Waals surface area contributed by atoms with E-state index in [0.29, 0.717) is 5.13 Å². The van der Waals surface area contributed by atoms with Gasteiger partial charge >= 0.3 is 0 Å². The van der Waals surface area contributed by atoms with Crippen LogP contribution in [-0.2, 0) is 10.0 Å². The molecular formula is C12H10N4O2S2. The molecular weight excluding hydrogens is 296 g/mol. The average molecular weight is 306 g/mol. The van der Waals surface area contributed by atoms with Crippen LogP contribution in [0.4, 0.5) is 10.9 Å². The molecule has 0 aliphatic heterocycles. The molecule has 3 aromatic rings. The van der Waals surface area contributed by atoms with Crippen LogP contribution in [0.3, 0.4) is 0 Å². The van der Waals surface area contributed by atoms with Gasteiger partial charge in [0.15, 0.2) is 5.13 Å². The highest BCUT2D eigenvalue weighted by atomic mass is 32.2. The van der Waals surface area contributed by atoms with Crippen LogP contribution in [0.2, 0.25) is 0 Å². The maximum Gasteiger partial charge on any atom is 0.263 e. The van der Waals surface area contributed by atoms with Crippen LogP contribution in [0.5, 0.6) is 0 Å². The van der Waals surface area contributed by atoms with E-state index in [-0.39, 0.29) is 10.7 Å². The first-order valence-electron chi connectivity index (χ1n) is 5.64. The standard InChI is InChI=1S/C12H10N4O2S2/c13-11-7-8(5-6-14-11)20(17,18)16-12-15-9-3-1-2-4-10(9)19-12/h1-7H,(H2,13,14)(H,15,16). The number of rotatable bonds is 3. The number of anilines is 2. The van der Waals surface area contributed by atoms with Crippen molar-refractivity contribution in [2.75, 3.05) is 10.5 Å². The lowest BCUT2D eigenvalue weighted by Gasteiger charge is -2.04. The Morgan fingerprint density at radius 2 is 2.00 bits per heavy atom. The van der Waals surface area contributed by atoms with Gasteiger partial charge in [-0.25, -0.2) is 18.4 Å². The SMILES string of the molecule is Nc1cc(S(=O)(=O)Nc2nc3ccccc3s2)ccn1. The maximum absolute atomic E-state index is 12.2. The Labute approximate surface area is 119 Å². The van der Waals surface area contributed by atoms with Crippen molar-refractivity contribution in [3.05, 3.63) is 42.6 Å². The number of benzene rings is 1. The van der Waals surface area contributed by atoms with Gasteiger partial charge in [-0.1, -0.05) is 23.5 Å². The number of hydrogen-bond donors (Lipinski definition) is 2. The second-order valence-corrected chi connectivity index (χ2v) is 6.72. The molecule has 0 bridgehead atoms. The normalized spacial score (nSPS) is 11.6. The number of nitrogens with zero attached hydrogens (tertiary/aromatic N) is 2. The van der Waals surface area contributed by atoms with Gasteiger partial charge in [-0.15, -0.1) is 0 Å². The Morgan fingerprint density at radius 3 is 2.75 bits per heavy atom. The number of sulfonamides is 1. The number of thiazole rings is 1. The summed E-state index contributed by atoms with van der Waals surface area (Å²) in [6.45, 7) is 0. The van der Waals surface area contributed by atoms with Gasteiger partial charge in [-0.2, -0.15) is 0 Å². The van der Waals surface area contributed by atoms with Crippen molar-refractivity contribution in [2.24, 2.45) is 0 Å². The van der Waals surface area contributed by atoms with Crippen molar-refractivity contribution < 1.29 is 8.42 Å². The second-order valence-electron chi connectivity index (χ2n) is 4.01. The lowest BCUT2D eigenvalue weighted by molar-refractivity contribution is 0.601. The summed E-state index contributed by atoms with van der Waals surface area (Å²) in [7, 11) is -3.71. The largest absolute Gasteiger partial charge is 0.384 e. The third-order valence-corrected chi connectivity index (χ3v) is 5.00. The van der Waals surface area contributed by atoms with E-state index in [0.717, 1.165) is 10.2 Å². The Balaban J connectivity index is 1.97. The summed E-state index contributed by atoms with van der Waals surface area (Å²) in [6, 6.07) is 10.1. The van der Waals surface area contributed by atoms with E-state index >= 15 is 0 Å². The third kappa shape index (κ3) is 2.43. The number of hydrogen-bond acceptors (Lipinski definition) is 6. The van der Waals surface area contributed by atoms with Gasteiger partial charge in [-0.05, 0) is 18.2 Å². The Morgan fingerprint density at radius 1 is 1.20 bits per heavy atom. The zero-order valence-corrected chi connectivity index (χ0v) is 11.8. The van der Waals surface area contributed by atoms with Crippen molar-refractivity contribution >= 4 is 42.5 Å². The monoisotopic (exact) mass is 306 g/mol. The number of nitrogens with two attached hydrogens (primary N) is 1. The number of nitrogens with one attached hydrogen (secondary N) is 1. The molecule has 0 amide bonds. The minimum absolute atomic E-state index is 0.0595. The first kappa shape index (κ1) is 12.8. The Kier molecular flexibility index (Phi) is 3.03. The molecule has 0 saturated carbocycles. The summed E-state index contributed by atoms with van der Waals surface area (Å²) >= 11 is 1.27. The van der Waals surface area contributed by atoms with Gasteiger partial charge in [-0.3, -0.25) is 4.72 Å². The van der Waals surface area contributed by atoms with Gasteiger partial charge in [0.1, 0.15) is 5.82 Å². The highest BCUT2D eigenvalue weighted by molar-refractivity contribution is 7.93. The molecule has 0 fully saturated rings. The predicted octanol–water partition coefficient (Wildman–Crippen LogP) is 2.07. The van der Waals surface area contributed by atoms with E-state index < -0.39 is 10.0 Å². The Hall–Kier alpha value is -2.19. The van der Waals surface area contributed by atoms with E-state index in [1.165, 1.54) is 29.7 Å². The van der Waals surface area contributed by atoms with Gasteiger partial charge < -0.3 is 5.73 Å². The van der Waals surface area contributed by atoms with Crippen LogP contribution < -0.4 is 10.5 Å². The summed E-state index contributed by atoms with van der Waals surface area (Å²) in [5.41, 5.74) is 6.25. The van der Waals surface area contributed by atoms with Crippen molar-refractivity contribution in [2.45, 2.75) is 4.90 Å².